The van der Waals surface area contributed by atoms with E-state index in [-0.39, 0.29) is 65.4 Å². The van der Waals surface area contributed by atoms with Crippen molar-refractivity contribution in [1.82, 2.24) is 0 Å². The van der Waals surface area contributed by atoms with Crippen molar-refractivity contribution in [1.29, 1.82) is 0 Å². The smallest absolute Gasteiger partial charge is 0.0651 e. The molecule has 0 saturated carbocycles. The van der Waals surface area contributed by atoms with Gasteiger partial charge in [-0.2, -0.15) is 0 Å². The highest BCUT2D eigenvalue weighted by Crippen LogP contribution is 2.38. The van der Waals surface area contributed by atoms with Crippen LogP contribution in [0.4, 0.5) is 0 Å². The monoisotopic (exact) mass is 1750 g/mol. The van der Waals surface area contributed by atoms with Crippen molar-refractivity contribution in [3.8, 4) is 0 Å². The molecule has 0 spiro atoms. The summed E-state index contributed by atoms with van der Waals surface area (Å²) in [5.74, 6) is 0. The van der Waals surface area contributed by atoms with Crippen LogP contribution in [0, 0.1) is 27.7 Å². The molecule has 0 amide bonds. The number of benzene rings is 18. The number of aryl methyl sites for hydroxylation is 7. The van der Waals surface area contributed by atoms with Gasteiger partial charge in [-0.05, 0) is 282 Å². The van der Waals surface area contributed by atoms with E-state index in [4.69, 9.17) is 0 Å². The quantitative estimate of drug-likeness (QED) is 0.0560. The molecule has 0 aliphatic carbocycles. The van der Waals surface area contributed by atoms with Gasteiger partial charge < -0.3 is 0 Å². The first-order valence-electron chi connectivity index (χ1n) is 43.6. The molecule has 624 valence electrons. The molecule has 0 aliphatic heterocycles. The third-order valence-electron chi connectivity index (χ3n) is 20.8. The fraction of sp³-hybridized carbons (Fsp3) is 0.100. The molecular weight excluding hydrogens is 1630 g/mol. The third kappa shape index (κ3) is 27.0. The van der Waals surface area contributed by atoms with Crippen molar-refractivity contribution >= 4 is 65.4 Å². The van der Waals surface area contributed by atoms with Crippen LogP contribution < -0.4 is 0 Å². The molecule has 0 atom stereocenters. The van der Waals surface area contributed by atoms with Crippen LogP contribution >= 0.6 is 0 Å². The molecule has 126 heavy (non-hydrogen) atoms. The van der Waals surface area contributed by atoms with E-state index in [1.54, 1.807) is 0 Å². The molecule has 6 heteroatoms. The van der Waals surface area contributed by atoms with Crippen molar-refractivity contribution in [2.75, 3.05) is 0 Å². The van der Waals surface area contributed by atoms with Crippen LogP contribution in [0.15, 0.2) is 592 Å². The second-order valence-corrected chi connectivity index (χ2v) is 42.5. The van der Waals surface area contributed by atoms with E-state index in [1.165, 1.54) is 140 Å². The Balaban J connectivity index is 0.000000130. The Morgan fingerprint density at radius 2 is 0.238 bits per heavy atom. The molecule has 0 bridgehead atoms. The summed E-state index contributed by atoms with van der Waals surface area (Å²) in [6.45, 7) is 15.2. The Kier molecular flexibility index (Phi) is 36.2. The summed E-state index contributed by atoms with van der Waals surface area (Å²) < 4.78 is 0. The van der Waals surface area contributed by atoms with Crippen LogP contribution in [0.2, 0.25) is 0 Å². The van der Waals surface area contributed by atoms with E-state index < -0.39 is 0 Å². The Morgan fingerprint density at radius 3 is 0.357 bits per heavy atom. The van der Waals surface area contributed by atoms with Gasteiger partial charge in [0.2, 0.25) is 0 Å². The summed E-state index contributed by atoms with van der Waals surface area (Å²) in [5.41, 5.74) is 9.47. The van der Waals surface area contributed by atoms with Gasteiger partial charge in [-0.3, -0.25) is 0 Å². The Hall–Kier alpha value is -11.9. The van der Waals surface area contributed by atoms with Gasteiger partial charge >= 0.3 is 0 Å². The van der Waals surface area contributed by atoms with E-state index in [9.17, 15) is 0 Å². The molecule has 0 nitrogen and oxygen atoms in total. The predicted octanol–water partition coefficient (Wildman–Crippen LogP) is 32.4. The molecule has 0 N–H and O–H groups in total. The molecular formula is C120H114S6+6. The van der Waals surface area contributed by atoms with Crippen molar-refractivity contribution in [3.63, 3.8) is 0 Å². The Labute approximate surface area is 769 Å². The van der Waals surface area contributed by atoms with Gasteiger partial charge in [0.1, 0.15) is 0 Å². The fourth-order valence-corrected chi connectivity index (χ4v) is 26.8. The first kappa shape index (κ1) is 91.7. The highest BCUT2D eigenvalue weighted by Gasteiger charge is 2.34. The average molecular weight is 1750 g/mol. The maximum Gasteiger partial charge on any atom is 0.166 e. The maximum absolute atomic E-state index is 2.30. The lowest BCUT2D eigenvalue weighted by atomic mass is 10.1. The lowest BCUT2D eigenvalue weighted by Crippen LogP contribution is -2.04. The van der Waals surface area contributed by atoms with Crippen LogP contribution in [-0.4, -0.2) is 0 Å². The zero-order chi connectivity index (χ0) is 87.1. The van der Waals surface area contributed by atoms with Gasteiger partial charge in [0.15, 0.2) is 88.1 Å². The van der Waals surface area contributed by atoms with Gasteiger partial charge in [0.05, 0.1) is 65.4 Å². The number of rotatable bonds is 23. The summed E-state index contributed by atoms with van der Waals surface area (Å²) in [5, 5.41) is 0. The second-order valence-electron chi connectivity index (χ2n) is 30.3. The first-order valence-corrected chi connectivity index (χ1v) is 51.0. The largest absolute Gasteiger partial charge is 0.166 e. The summed E-state index contributed by atoms with van der Waals surface area (Å²) in [6.07, 6.45) is 5.80. The van der Waals surface area contributed by atoms with Crippen LogP contribution in [0.25, 0.3) is 0 Å². The molecule has 18 aromatic carbocycles. The summed E-state index contributed by atoms with van der Waals surface area (Å²) in [4.78, 5) is 24.7. The fourth-order valence-electron chi connectivity index (χ4n) is 14.3. The molecule has 0 aliphatic rings. The summed E-state index contributed by atoms with van der Waals surface area (Å²) >= 11 is 0. The molecule has 0 saturated heterocycles. The van der Waals surface area contributed by atoms with Gasteiger partial charge in [0.25, 0.3) is 0 Å². The van der Waals surface area contributed by atoms with Gasteiger partial charge in [0, 0.05) is 0 Å². The standard InChI is InChI=1S/3C21H21S.C20H19S.C19H17S.C18H15S/c1-16-4-10-19(11-5-16)22(20-12-6-17(2)7-13-20)21-14-8-18(3)9-15-21;2*1-2-9-18-14-16-21(17-15-18)22(19-10-5-3-6-11-19)20-12-7-4-8-13-20;1-2-17-13-15-20(16-14-17)21(18-9-5-3-6-10-18)19-11-7-4-8-12-19;1-16-12-14-19(15-13-16)20(17-8-4-2-5-9-17)18-10-6-3-7-11-18;1-4-10-16(11-5-1)19(17-12-6-2-7-13-17)18-14-8-3-9-15-18/h4-15H,1-3H3;2*3-8,10-17H,2,9H2,1H3;3-16H,2H2,1H3;2-15H,1H3;1-15H/q6*+1. The van der Waals surface area contributed by atoms with Crippen molar-refractivity contribution in [2.24, 2.45) is 0 Å². The summed E-state index contributed by atoms with van der Waals surface area (Å²) in [7, 11) is -0.156. The van der Waals surface area contributed by atoms with E-state index in [0.717, 1.165) is 19.3 Å². The highest BCUT2D eigenvalue weighted by atomic mass is 32.2. The third-order valence-corrected chi connectivity index (χ3v) is 34.1. The van der Waals surface area contributed by atoms with Gasteiger partial charge in [-0.1, -0.05) is 341 Å². The van der Waals surface area contributed by atoms with Crippen LogP contribution in [0.1, 0.15) is 72.6 Å². The molecule has 0 heterocycles. The lowest BCUT2D eigenvalue weighted by molar-refractivity contribution is 0.920. The predicted molar refractivity (Wildman–Crippen MR) is 545 cm³/mol. The van der Waals surface area contributed by atoms with Crippen molar-refractivity contribution in [2.45, 2.75) is 169 Å². The minimum Gasteiger partial charge on any atom is -0.0651 e. The average Bonchev–Trinajstić information content (AvgIpc) is 0.834. The summed E-state index contributed by atoms with van der Waals surface area (Å²) in [6, 6.07) is 182. The van der Waals surface area contributed by atoms with Crippen molar-refractivity contribution in [3.05, 3.63) is 542 Å². The van der Waals surface area contributed by atoms with E-state index in [2.05, 4.69) is 552 Å². The molecule has 18 rings (SSSR count). The van der Waals surface area contributed by atoms with Crippen LogP contribution in [-0.2, 0) is 84.6 Å². The zero-order valence-corrected chi connectivity index (χ0v) is 78.3. The Morgan fingerprint density at radius 1 is 0.127 bits per heavy atom. The first-order chi connectivity index (χ1) is 62.1. The second kappa shape index (κ2) is 49.7. The SMILES string of the molecule is CCCc1ccc([S+](c2ccccc2)c2ccccc2)cc1.CCCc1ccc([S+](c2ccccc2)c2ccccc2)cc1.CCc1ccc([S+](c2ccccc2)c2ccccc2)cc1.Cc1ccc([S+](c2ccc(C)cc2)c2ccc(C)cc2)cc1.Cc1ccc([S+](c2ccccc2)c2ccccc2)cc1.c1ccc([S+](c2ccccc2)c2ccccc2)cc1. The topological polar surface area (TPSA) is 0 Å². The lowest BCUT2D eigenvalue weighted by Gasteiger charge is -2.09. The highest BCUT2D eigenvalue weighted by molar-refractivity contribution is 7.98. The normalized spacial score (nSPS) is 10.8. The number of hydrogen-bond donors (Lipinski definition) is 0. The molecule has 0 radical (unpaired) electrons. The zero-order valence-electron chi connectivity index (χ0n) is 73.4. The van der Waals surface area contributed by atoms with Crippen LogP contribution in [0.3, 0.4) is 0 Å². The van der Waals surface area contributed by atoms with E-state index in [0.29, 0.717) is 0 Å². The van der Waals surface area contributed by atoms with Gasteiger partial charge in [-0.15, -0.1) is 0 Å². The minimum absolute atomic E-state index is 0.0146. The Bertz CT molecular complexity index is 5540. The molecule has 0 fully saturated rings. The van der Waals surface area contributed by atoms with Crippen molar-refractivity contribution < 1.29 is 0 Å². The van der Waals surface area contributed by atoms with E-state index in [1.807, 2.05) is 0 Å². The van der Waals surface area contributed by atoms with Gasteiger partial charge in [-0.25, -0.2) is 0 Å². The molecule has 18 aromatic rings. The van der Waals surface area contributed by atoms with E-state index >= 15 is 0 Å². The molecule has 0 unspecified atom stereocenters. The minimum atomic E-state index is -0.0394. The maximum atomic E-state index is 2.30. The molecule has 0 aromatic heterocycles. The number of hydrogen-bond acceptors (Lipinski definition) is 0. The van der Waals surface area contributed by atoms with Crippen LogP contribution in [0.5, 0.6) is 0 Å².